The van der Waals surface area contributed by atoms with E-state index in [0.717, 1.165) is 12.0 Å². The van der Waals surface area contributed by atoms with E-state index in [0.29, 0.717) is 5.75 Å². The molecule has 0 saturated carbocycles. The molecule has 1 aromatic carbocycles. The summed E-state index contributed by atoms with van der Waals surface area (Å²) in [6.07, 6.45) is 2.25. The lowest BCUT2D eigenvalue weighted by atomic mass is 10.2. The predicted molar refractivity (Wildman–Crippen MR) is 65.1 cm³/mol. The Balaban J connectivity index is 2.25. The number of hydrogen-bond acceptors (Lipinski definition) is 2. The molecule has 0 fully saturated rings. The first kappa shape index (κ1) is 11.9. The summed E-state index contributed by atoms with van der Waals surface area (Å²) in [5, 5.41) is 0.247. The van der Waals surface area contributed by atoms with Gasteiger partial charge in [0.25, 0.3) is 5.88 Å². The SMILES string of the molecule is CCc1cccc(Oc2ncc(Cl)cc2F)c1. The van der Waals surface area contributed by atoms with Crippen LogP contribution in [0.1, 0.15) is 12.5 Å². The zero-order chi connectivity index (χ0) is 12.3. The molecule has 2 nitrogen and oxygen atoms in total. The van der Waals surface area contributed by atoms with Gasteiger partial charge in [0.2, 0.25) is 0 Å². The highest BCUT2D eigenvalue weighted by Gasteiger charge is 2.07. The average molecular weight is 252 g/mol. The van der Waals surface area contributed by atoms with E-state index in [9.17, 15) is 4.39 Å². The summed E-state index contributed by atoms with van der Waals surface area (Å²) in [5.74, 6) is -0.0693. The fraction of sp³-hybridized carbons (Fsp3) is 0.154. The summed E-state index contributed by atoms with van der Waals surface area (Å²) in [6, 6.07) is 8.64. The first-order chi connectivity index (χ1) is 8.19. The molecule has 0 aliphatic rings. The van der Waals surface area contributed by atoms with Crippen LogP contribution < -0.4 is 4.74 Å². The fourth-order valence-electron chi connectivity index (χ4n) is 1.42. The van der Waals surface area contributed by atoms with E-state index in [2.05, 4.69) is 4.98 Å². The lowest BCUT2D eigenvalue weighted by Gasteiger charge is -2.06. The second-order valence-corrected chi connectivity index (χ2v) is 3.98. The Morgan fingerprint density at radius 3 is 2.88 bits per heavy atom. The molecule has 0 aliphatic carbocycles. The van der Waals surface area contributed by atoms with Crippen LogP contribution in [0.2, 0.25) is 5.02 Å². The highest BCUT2D eigenvalue weighted by atomic mass is 35.5. The lowest BCUT2D eigenvalue weighted by Crippen LogP contribution is -1.92. The monoisotopic (exact) mass is 251 g/mol. The molecule has 2 rings (SSSR count). The molecular weight excluding hydrogens is 241 g/mol. The van der Waals surface area contributed by atoms with Gasteiger partial charge in [0.15, 0.2) is 5.82 Å². The molecule has 2 aromatic rings. The average Bonchev–Trinajstić information content (AvgIpc) is 2.33. The molecular formula is C13H11ClFNO. The van der Waals surface area contributed by atoms with Crippen molar-refractivity contribution in [3.8, 4) is 11.6 Å². The van der Waals surface area contributed by atoms with Crippen molar-refractivity contribution in [2.45, 2.75) is 13.3 Å². The minimum Gasteiger partial charge on any atom is -0.436 e. The third-order valence-electron chi connectivity index (χ3n) is 2.30. The predicted octanol–water partition coefficient (Wildman–Crippen LogP) is 4.23. The lowest BCUT2D eigenvalue weighted by molar-refractivity contribution is 0.422. The highest BCUT2D eigenvalue weighted by Crippen LogP contribution is 2.24. The Morgan fingerprint density at radius 2 is 2.18 bits per heavy atom. The fourth-order valence-corrected chi connectivity index (χ4v) is 1.56. The molecule has 0 radical (unpaired) electrons. The van der Waals surface area contributed by atoms with E-state index in [1.54, 1.807) is 6.07 Å². The van der Waals surface area contributed by atoms with Crippen LogP contribution in [0.5, 0.6) is 11.6 Å². The zero-order valence-corrected chi connectivity index (χ0v) is 10.0. The Hall–Kier alpha value is -1.61. The summed E-state index contributed by atoms with van der Waals surface area (Å²) in [6.45, 7) is 2.04. The normalized spacial score (nSPS) is 10.3. The number of benzene rings is 1. The van der Waals surface area contributed by atoms with Crippen molar-refractivity contribution in [3.05, 3.63) is 52.9 Å². The minimum absolute atomic E-state index is 0.0670. The van der Waals surface area contributed by atoms with Crippen LogP contribution in [-0.2, 0) is 6.42 Å². The van der Waals surface area contributed by atoms with Crippen molar-refractivity contribution in [1.82, 2.24) is 4.98 Å². The van der Waals surface area contributed by atoms with E-state index in [1.807, 2.05) is 25.1 Å². The number of aromatic nitrogens is 1. The summed E-state index contributed by atoms with van der Waals surface area (Å²) in [4.78, 5) is 3.80. The smallest absolute Gasteiger partial charge is 0.255 e. The number of halogens is 2. The molecule has 1 heterocycles. The molecule has 0 aliphatic heterocycles. The van der Waals surface area contributed by atoms with Crippen molar-refractivity contribution < 1.29 is 9.13 Å². The second kappa shape index (κ2) is 5.15. The molecule has 4 heteroatoms. The Kier molecular flexibility index (Phi) is 3.59. The molecule has 0 saturated heterocycles. The molecule has 0 unspecified atom stereocenters. The van der Waals surface area contributed by atoms with E-state index in [1.165, 1.54) is 12.3 Å². The summed E-state index contributed by atoms with van der Waals surface area (Å²) in [5.41, 5.74) is 1.12. The molecule has 17 heavy (non-hydrogen) atoms. The van der Waals surface area contributed by atoms with Gasteiger partial charge in [-0.3, -0.25) is 0 Å². The number of pyridine rings is 1. The topological polar surface area (TPSA) is 22.1 Å². The van der Waals surface area contributed by atoms with Gasteiger partial charge >= 0.3 is 0 Å². The van der Waals surface area contributed by atoms with Gasteiger partial charge in [0.05, 0.1) is 5.02 Å². The van der Waals surface area contributed by atoms with Crippen molar-refractivity contribution in [1.29, 1.82) is 0 Å². The second-order valence-electron chi connectivity index (χ2n) is 3.54. The Bertz CT molecular complexity index is 531. The van der Waals surface area contributed by atoms with Crippen LogP contribution in [0.3, 0.4) is 0 Å². The summed E-state index contributed by atoms with van der Waals surface area (Å²) < 4.78 is 18.8. The van der Waals surface area contributed by atoms with Gasteiger partial charge in [-0.15, -0.1) is 0 Å². The summed E-state index contributed by atoms with van der Waals surface area (Å²) >= 11 is 5.61. The van der Waals surface area contributed by atoms with Gasteiger partial charge in [0, 0.05) is 6.20 Å². The number of rotatable bonds is 3. The van der Waals surface area contributed by atoms with Crippen LogP contribution in [0.15, 0.2) is 36.5 Å². The van der Waals surface area contributed by atoms with Gasteiger partial charge in [-0.1, -0.05) is 30.7 Å². The maximum atomic E-state index is 13.4. The van der Waals surface area contributed by atoms with Crippen LogP contribution >= 0.6 is 11.6 Å². The number of aryl methyl sites for hydroxylation is 1. The molecule has 0 amide bonds. The van der Waals surface area contributed by atoms with Crippen LogP contribution in [0.4, 0.5) is 4.39 Å². The quantitative estimate of drug-likeness (QED) is 0.814. The van der Waals surface area contributed by atoms with E-state index in [4.69, 9.17) is 16.3 Å². The van der Waals surface area contributed by atoms with Crippen LogP contribution in [-0.4, -0.2) is 4.98 Å². The van der Waals surface area contributed by atoms with Gasteiger partial charge in [0.1, 0.15) is 5.75 Å². The van der Waals surface area contributed by atoms with Crippen molar-refractivity contribution >= 4 is 11.6 Å². The van der Waals surface area contributed by atoms with E-state index in [-0.39, 0.29) is 10.9 Å². The van der Waals surface area contributed by atoms with Crippen LogP contribution in [0.25, 0.3) is 0 Å². The van der Waals surface area contributed by atoms with Crippen LogP contribution in [0, 0.1) is 5.82 Å². The van der Waals surface area contributed by atoms with Gasteiger partial charge in [-0.2, -0.15) is 0 Å². The molecule has 1 aromatic heterocycles. The Morgan fingerprint density at radius 1 is 1.35 bits per heavy atom. The van der Waals surface area contributed by atoms with Crippen molar-refractivity contribution in [3.63, 3.8) is 0 Å². The Labute approximate surface area is 104 Å². The molecule has 0 spiro atoms. The van der Waals surface area contributed by atoms with E-state index < -0.39 is 5.82 Å². The first-order valence-electron chi connectivity index (χ1n) is 5.27. The third kappa shape index (κ3) is 2.94. The van der Waals surface area contributed by atoms with Gasteiger partial charge in [-0.25, -0.2) is 9.37 Å². The number of nitrogens with zero attached hydrogens (tertiary/aromatic N) is 1. The van der Waals surface area contributed by atoms with Gasteiger partial charge < -0.3 is 4.74 Å². The van der Waals surface area contributed by atoms with E-state index >= 15 is 0 Å². The zero-order valence-electron chi connectivity index (χ0n) is 9.28. The van der Waals surface area contributed by atoms with Crippen molar-refractivity contribution in [2.24, 2.45) is 0 Å². The minimum atomic E-state index is -0.570. The highest BCUT2D eigenvalue weighted by molar-refractivity contribution is 6.30. The molecule has 0 bridgehead atoms. The molecule has 0 atom stereocenters. The molecule has 0 N–H and O–H groups in total. The maximum Gasteiger partial charge on any atom is 0.255 e. The summed E-state index contributed by atoms with van der Waals surface area (Å²) in [7, 11) is 0. The molecule has 88 valence electrons. The first-order valence-corrected chi connectivity index (χ1v) is 5.64. The maximum absolute atomic E-state index is 13.4. The standard InChI is InChI=1S/C13H11ClFNO/c1-2-9-4-3-5-11(6-9)17-13-12(15)7-10(14)8-16-13/h3-8H,2H2,1H3. The van der Waals surface area contributed by atoms with Gasteiger partial charge in [-0.05, 0) is 30.2 Å². The number of ether oxygens (including phenoxy) is 1. The van der Waals surface area contributed by atoms with Crippen molar-refractivity contribution in [2.75, 3.05) is 0 Å². The number of hydrogen-bond donors (Lipinski definition) is 0. The third-order valence-corrected chi connectivity index (χ3v) is 2.50. The largest absolute Gasteiger partial charge is 0.436 e.